The summed E-state index contributed by atoms with van der Waals surface area (Å²) in [7, 11) is 0. The van der Waals surface area contributed by atoms with Gasteiger partial charge in [0.2, 0.25) is 11.8 Å². The van der Waals surface area contributed by atoms with Gasteiger partial charge < -0.3 is 15.0 Å². The summed E-state index contributed by atoms with van der Waals surface area (Å²) in [5.74, 6) is 0.435. The predicted octanol–water partition coefficient (Wildman–Crippen LogP) is 5.60. The van der Waals surface area contributed by atoms with Crippen LogP contribution in [0.5, 0.6) is 5.88 Å². The number of nitrogens with zero attached hydrogens (tertiary/aromatic N) is 4. The summed E-state index contributed by atoms with van der Waals surface area (Å²) in [6.45, 7) is 1.37. The molecule has 5 rings (SSSR count). The van der Waals surface area contributed by atoms with Crippen LogP contribution in [-0.2, 0) is 19.6 Å². The number of anilines is 2. The number of hydrogen-bond donors (Lipinski definition) is 1. The second kappa shape index (κ2) is 10.5. The summed E-state index contributed by atoms with van der Waals surface area (Å²) in [5.41, 5.74) is 4.42. The van der Waals surface area contributed by atoms with Crippen LogP contribution in [-0.4, -0.2) is 27.4 Å². The number of aromatic nitrogens is 3. The van der Waals surface area contributed by atoms with Gasteiger partial charge in [0.1, 0.15) is 12.2 Å². The number of carbonyl (C=O) groups excluding carboxylic acids is 1. The number of benzene rings is 2. The molecule has 0 saturated carbocycles. The van der Waals surface area contributed by atoms with Crippen LogP contribution in [0, 0.1) is 0 Å². The first-order chi connectivity index (χ1) is 17.1. The molecule has 2 aromatic carbocycles. The Balaban J connectivity index is 1.41. The van der Waals surface area contributed by atoms with Gasteiger partial charge in [-0.1, -0.05) is 50.1 Å². The minimum atomic E-state index is -0.308. The van der Waals surface area contributed by atoms with Gasteiger partial charge in [0.05, 0.1) is 0 Å². The second-order valence-corrected chi connectivity index (χ2v) is 9.85. The standard InChI is InChI=1S/C26H21Br2N5O2/c27-20-5-3-17(4-6-20)16-35-25-22(24(34)30-14-18-2-1-10-29-13-18)15-31-26(32-25)33-11-9-19-12-21(28)7-8-23(19)33/h1-8,10,12-13,15H,9,11,14,16H2,(H,30,34). The Morgan fingerprint density at radius 3 is 2.66 bits per heavy atom. The largest absolute Gasteiger partial charge is 0.472 e. The maximum Gasteiger partial charge on any atom is 0.258 e. The molecule has 3 heterocycles. The number of halogens is 2. The molecule has 1 aliphatic rings. The number of pyridine rings is 1. The smallest absolute Gasteiger partial charge is 0.258 e. The second-order valence-electron chi connectivity index (χ2n) is 8.02. The Bertz CT molecular complexity index is 1350. The zero-order valence-corrected chi connectivity index (χ0v) is 21.8. The van der Waals surface area contributed by atoms with Crippen molar-refractivity contribution in [3.63, 3.8) is 0 Å². The summed E-state index contributed by atoms with van der Waals surface area (Å²) < 4.78 is 8.10. The number of ether oxygens (including phenoxy) is 1. The lowest BCUT2D eigenvalue weighted by atomic mass is 10.2. The topological polar surface area (TPSA) is 80.2 Å². The Morgan fingerprint density at radius 2 is 1.86 bits per heavy atom. The quantitative estimate of drug-likeness (QED) is 0.300. The lowest BCUT2D eigenvalue weighted by molar-refractivity contribution is 0.0945. The molecule has 0 atom stereocenters. The molecule has 0 radical (unpaired) electrons. The van der Waals surface area contributed by atoms with Crippen molar-refractivity contribution in [3.8, 4) is 5.88 Å². The lowest BCUT2D eigenvalue weighted by Crippen LogP contribution is -2.25. The van der Waals surface area contributed by atoms with Gasteiger partial charge in [-0.3, -0.25) is 9.78 Å². The van der Waals surface area contributed by atoms with Crippen LogP contribution in [0.1, 0.15) is 27.0 Å². The summed E-state index contributed by atoms with van der Waals surface area (Å²) >= 11 is 6.98. The summed E-state index contributed by atoms with van der Waals surface area (Å²) in [6.07, 6.45) is 5.84. The molecule has 176 valence electrons. The molecular weight excluding hydrogens is 574 g/mol. The third kappa shape index (κ3) is 5.52. The fraction of sp³-hybridized carbons (Fsp3) is 0.154. The first-order valence-electron chi connectivity index (χ1n) is 11.0. The Labute approximate surface area is 219 Å². The van der Waals surface area contributed by atoms with E-state index in [1.165, 1.54) is 11.8 Å². The van der Waals surface area contributed by atoms with E-state index in [2.05, 4.69) is 58.2 Å². The van der Waals surface area contributed by atoms with Gasteiger partial charge in [0.15, 0.2) is 0 Å². The van der Waals surface area contributed by atoms with Crippen LogP contribution in [0.25, 0.3) is 0 Å². The van der Waals surface area contributed by atoms with Gasteiger partial charge in [-0.25, -0.2) is 4.98 Å². The molecule has 0 aliphatic carbocycles. The molecule has 0 bridgehead atoms. The van der Waals surface area contributed by atoms with Crippen LogP contribution in [0.3, 0.4) is 0 Å². The van der Waals surface area contributed by atoms with Gasteiger partial charge in [0.25, 0.3) is 5.91 Å². The van der Waals surface area contributed by atoms with E-state index >= 15 is 0 Å². The van der Waals surface area contributed by atoms with E-state index in [9.17, 15) is 4.79 Å². The summed E-state index contributed by atoms with van der Waals surface area (Å²) in [5, 5.41) is 2.91. The van der Waals surface area contributed by atoms with Gasteiger partial charge >= 0.3 is 0 Å². The van der Waals surface area contributed by atoms with E-state index in [-0.39, 0.29) is 24.0 Å². The van der Waals surface area contributed by atoms with Crippen molar-refractivity contribution >= 4 is 49.4 Å². The van der Waals surface area contributed by atoms with E-state index in [0.717, 1.165) is 38.7 Å². The molecule has 2 aromatic heterocycles. The maximum absolute atomic E-state index is 13.0. The molecule has 35 heavy (non-hydrogen) atoms. The van der Waals surface area contributed by atoms with Crippen molar-refractivity contribution in [3.05, 3.63) is 104 Å². The van der Waals surface area contributed by atoms with Gasteiger partial charge in [-0.05, 0) is 59.5 Å². The fourth-order valence-electron chi connectivity index (χ4n) is 3.84. The zero-order chi connectivity index (χ0) is 24.2. The first kappa shape index (κ1) is 23.4. The number of hydrogen-bond acceptors (Lipinski definition) is 6. The van der Waals surface area contributed by atoms with E-state index in [1.54, 1.807) is 12.4 Å². The third-order valence-electron chi connectivity index (χ3n) is 5.63. The van der Waals surface area contributed by atoms with Crippen LogP contribution in [0.4, 0.5) is 11.6 Å². The number of fused-ring (bicyclic) bond motifs is 1. The number of nitrogens with one attached hydrogen (secondary N) is 1. The van der Waals surface area contributed by atoms with Crippen LogP contribution in [0.15, 0.2) is 82.1 Å². The Kier molecular flexibility index (Phi) is 7.06. The van der Waals surface area contributed by atoms with E-state index in [1.807, 2.05) is 53.4 Å². The Hall–Kier alpha value is -3.30. The predicted molar refractivity (Wildman–Crippen MR) is 141 cm³/mol. The third-order valence-corrected chi connectivity index (χ3v) is 6.65. The van der Waals surface area contributed by atoms with E-state index < -0.39 is 0 Å². The molecule has 0 saturated heterocycles. The molecule has 1 N–H and O–H groups in total. The van der Waals surface area contributed by atoms with Crippen LogP contribution >= 0.6 is 31.9 Å². The van der Waals surface area contributed by atoms with Crippen molar-refractivity contribution in [2.24, 2.45) is 0 Å². The molecule has 4 aromatic rings. The molecule has 7 nitrogen and oxygen atoms in total. The molecule has 0 fully saturated rings. The number of rotatable bonds is 7. The molecule has 1 aliphatic heterocycles. The SMILES string of the molecule is O=C(NCc1cccnc1)c1cnc(N2CCc3cc(Br)ccc32)nc1OCc1ccc(Br)cc1. The number of amides is 1. The molecule has 9 heteroatoms. The Morgan fingerprint density at radius 1 is 1.03 bits per heavy atom. The lowest BCUT2D eigenvalue weighted by Gasteiger charge is -2.19. The van der Waals surface area contributed by atoms with Crippen molar-refractivity contribution < 1.29 is 9.53 Å². The van der Waals surface area contributed by atoms with Gasteiger partial charge in [0, 0.05) is 46.3 Å². The van der Waals surface area contributed by atoms with Crippen molar-refractivity contribution in [1.82, 2.24) is 20.3 Å². The van der Waals surface area contributed by atoms with Crippen molar-refractivity contribution in [1.29, 1.82) is 0 Å². The average molecular weight is 595 g/mol. The monoisotopic (exact) mass is 593 g/mol. The van der Waals surface area contributed by atoms with Crippen molar-refractivity contribution in [2.45, 2.75) is 19.6 Å². The van der Waals surface area contributed by atoms with Gasteiger partial charge in [-0.2, -0.15) is 4.98 Å². The minimum Gasteiger partial charge on any atom is -0.472 e. The van der Waals surface area contributed by atoms with Crippen molar-refractivity contribution in [2.75, 3.05) is 11.4 Å². The highest BCUT2D eigenvalue weighted by molar-refractivity contribution is 9.10. The fourth-order valence-corrected chi connectivity index (χ4v) is 4.52. The van der Waals surface area contributed by atoms with Crippen LogP contribution < -0.4 is 15.0 Å². The highest BCUT2D eigenvalue weighted by atomic mass is 79.9. The average Bonchev–Trinajstić information content (AvgIpc) is 3.30. The normalized spacial score (nSPS) is 12.3. The molecule has 1 amide bonds. The highest BCUT2D eigenvalue weighted by Crippen LogP contribution is 2.35. The summed E-state index contributed by atoms with van der Waals surface area (Å²) in [4.78, 5) is 28.4. The minimum absolute atomic E-state index is 0.243. The highest BCUT2D eigenvalue weighted by Gasteiger charge is 2.25. The summed E-state index contributed by atoms with van der Waals surface area (Å²) in [6, 6.07) is 17.7. The molecule has 0 unspecified atom stereocenters. The maximum atomic E-state index is 13.0. The molecule has 0 spiro atoms. The first-order valence-corrected chi connectivity index (χ1v) is 12.6. The molecular formula is C26H21Br2N5O2. The zero-order valence-electron chi connectivity index (χ0n) is 18.6. The van der Waals surface area contributed by atoms with Crippen LogP contribution in [0.2, 0.25) is 0 Å². The van der Waals surface area contributed by atoms with E-state index in [0.29, 0.717) is 12.5 Å². The number of carbonyl (C=O) groups is 1. The van der Waals surface area contributed by atoms with E-state index in [4.69, 9.17) is 4.74 Å². The van der Waals surface area contributed by atoms with Gasteiger partial charge in [-0.15, -0.1) is 0 Å².